The number of benzene rings is 3. The van der Waals surface area contributed by atoms with Crippen LogP contribution in [0.5, 0.6) is 11.5 Å². The van der Waals surface area contributed by atoms with Crippen molar-refractivity contribution >= 4 is 34.8 Å². The van der Waals surface area contributed by atoms with Crippen LogP contribution in [0.25, 0.3) is 11.1 Å². The Morgan fingerprint density at radius 2 is 1.70 bits per heavy atom. The first-order valence-corrected chi connectivity index (χ1v) is 33.0. The van der Waals surface area contributed by atoms with Crippen molar-refractivity contribution in [1.29, 1.82) is 0 Å². The zero-order valence-electron chi connectivity index (χ0n) is 53.6. The fourth-order valence-electron chi connectivity index (χ4n) is 13.6. The number of ether oxygens (including phenoxy) is 2. The third-order valence-corrected chi connectivity index (χ3v) is 18.9. The second kappa shape index (κ2) is 29.9. The SMILES string of the molecule is C=CCC(NCc1cc2c3c(c1O)CCC=C3C(=O)N(CCCC)C2=O)c1ccc(OCc2cn(CCCNC(O)CCC(=O)N3CCN(C(=O)c4ccccc4C4=C5C=CC(C)([NH+](CC)CC)C=CC5OC5=CC(CN(CC)CC)CC=C54)CC3)nn2)cc1. The number of likely N-dealkylation sites (N-methyl/N-ethyl adjacent to an activating group) is 1. The second-order valence-corrected chi connectivity index (χ2v) is 24.7. The van der Waals surface area contributed by atoms with Gasteiger partial charge in [0.1, 0.15) is 47.4 Å². The maximum atomic E-state index is 14.7. The minimum atomic E-state index is -0.861. The Morgan fingerprint density at radius 1 is 0.933 bits per heavy atom. The molecule has 5 N–H and O–H groups in total. The Balaban J connectivity index is 0.668. The van der Waals surface area contributed by atoms with Crippen LogP contribution >= 0.6 is 0 Å². The highest BCUT2D eigenvalue weighted by Gasteiger charge is 2.41. The van der Waals surface area contributed by atoms with E-state index in [4.69, 9.17) is 9.47 Å². The third kappa shape index (κ3) is 14.5. The number of aryl methyl sites for hydroxylation is 1. The van der Waals surface area contributed by atoms with Crippen molar-refractivity contribution < 1.29 is 43.8 Å². The van der Waals surface area contributed by atoms with Crippen LogP contribution in [0.2, 0.25) is 0 Å². The molecule has 0 bridgehead atoms. The third-order valence-electron chi connectivity index (χ3n) is 18.9. The van der Waals surface area contributed by atoms with E-state index in [9.17, 15) is 29.4 Å². The first kappa shape index (κ1) is 65.2. The summed E-state index contributed by atoms with van der Waals surface area (Å²) < 4.78 is 14.8. The van der Waals surface area contributed by atoms with Gasteiger partial charge in [-0.3, -0.25) is 34.1 Å². The molecule has 0 saturated carbocycles. The number of hydrogen-bond donors (Lipinski definition) is 5. The summed E-state index contributed by atoms with van der Waals surface area (Å²) in [4.78, 5) is 64.2. The average Bonchev–Trinajstić information content (AvgIpc) is 0.861. The van der Waals surface area contributed by atoms with Crippen LogP contribution in [-0.4, -0.2) is 158 Å². The Bertz CT molecular complexity index is 3450. The fraction of sp³-hybridized carbons (Fsp3) is 0.472. The quantitative estimate of drug-likeness (QED) is 0.0151. The van der Waals surface area contributed by atoms with Crippen LogP contribution < -0.4 is 20.3 Å². The van der Waals surface area contributed by atoms with E-state index < -0.39 is 6.23 Å². The van der Waals surface area contributed by atoms with Crippen LogP contribution in [0.1, 0.15) is 153 Å². The fourth-order valence-corrected chi connectivity index (χ4v) is 13.6. The Kier molecular flexibility index (Phi) is 21.7. The van der Waals surface area contributed by atoms with E-state index in [1.165, 1.54) is 9.80 Å². The molecule has 1 saturated heterocycles. The van der Waals surface area contributed by atoms with Gasteiger partial charge in [0.25, 0.3) is 17.7 Å². The van der Waals surface area contributed by atoms with Crippen molar-refractivity contribution in [1.82, 2.24) is 45.2 Å². The molecule has 18 nitrogen and oxygen atoms in total. The molecule has 0 radical (unpaired) electrons. The molecule has 4 aromatic rings. The summed E-state index contributed by atoms with van der Waals surface area (Å²) in [5.41, 5.74) is 8.94. The van der Waals surface area contributed by atoms with Crippen molar-refractivity contribution in [2.24, 2.45) is 5.92 Å². The van der Waals surface area contributed by atoms with Crippen molar-refractivity contribution in [3.63, 3.8) is 0 Å². The predicted octanol–water partition coefficient (Wildman–Crippen LogP) is 8.28. The molecule has 1 aromatic heterocycles. The number of fused-ring (bicyclic) bond motifs is 2. The molecular weight excluding hydrogens is 1130 g/mol. The molecular formula is C72H93N10O8+. The molecule has 90 heavy (non-hydrogen) atoms. The summed E-state index contributed by atoms with van der Waals surface area (Å²) >= 11 is 0. The van der Waals surface area contributed by atoms with Gasteiger partial charge in [0.15, 0.2) is 0 Å². The van der Waals surface area contributed by atoms with Gasteiger partial charge in [-0.05, 0) is 151 Å². The lowest BCUT2D eigenvalue weighted by Gasteiger charge is -2.36. The lowest BCUT2D eigenvalue weighted by Crippen LogP contribution is -3.18. The Labute approximate surface area is 531 Å². The Hall–Kier alpha value is -7.74. The summed E-state index contributed by atoms with van der Waals surface area (Å²) in [7, 11) is 0. The predicted molar refractivity (Wildman–Crippen MR) is 350 cm³/mol. The maximum absolute atomic E-state index is 14.7. The molecule has 18 heteroatoms. The van der Waals surface area contributed by atoms with Gasteiger partial charge in [-0.25, -0.2) is 0 Å². The number of nitrogens with one attached hydrogen (secondary N) is 3. The molecule has 3 aliphatic heterocycles. The van der Waals surface area contributed by atoms with E-state index in [2.05, 4.69) is 110 Å². The minimum Gasteiger partial charge on any atom is -0.507 e. The number of aromatic hydroxyl groups is 1. The number of carbonyl (C=O) groups excluding carboxylic acids is 4. The van der Waals surface area contributed by atoms with Crippen molar-refractivity contribution in [3.05, 3.63) is 178 Å². The zero-order chi connectivity index (χ0) is 63.5. The van der Waals surface area contributed by atoms with E-state index in [0.717, 1.165) is 85.6 Å². The number of hydrogen-bond acceptors (Lipinski definition) is 13. The summed E-state index contributed by atoms with van der Waals surface area (Å²) in [5, 5.41) is 37.6. The first-order chi connectivity index (χ1) is 43.7. The van der Waals surface area contributed by atoms with Crippen LogP contribution in [0.4, 0.5) is 0 Å². The molecule has 3 aromatic carbocycles. The van der Waals surface area contributed by atoms with Crippen LogP contribution in [-0.2, 0) is 40.4 Å². The number of phenols is 1. The highest BCUT2D eigenvalue weighted by molar-refractivity contribution is 6.31. The van der Waals surface area contributed by atoms with E-state index in [0.29, 0.717) is 129 Å². The smallest absolute Gasteiger partial charge is 0.261 e. The number of aromatic nitrogens is 3. The van der Waals surface area contributed by atoms with E-state index in [-0.39, 0.29) is 66.5 Å². The number of piperazine rings is 1. The minimum absolute atomic E-state index is 0.0456. The number of aliphatic hydroxyl groups is 1. The number of imide groups is 1. The van der Waals surface area contributed by atoms with E-state index in [1.807, 2.05) is 72.6 Å². The number of nitrogens with zero attached hydrogens (tertiary/aromatic N) is 7. The number of phenolic OH excluding ortho intramolecular Hbond substituents is 1. The molecule has 4 heterocycles. The van der Waals surface area contributed by atoms with Gasteiger partial charge in [0.05, 0.1) is 19.3 Å². The normalized spacial score (nSPS) is 20.2. The number of quaternary nitrogens is 1. The van der Waals surface area contributed by atoms with Gasteiger partial charge in [-0.15, -0.1) is 11.7 Å². The molecule has 478 valence electrons. The number of allylic oxidation sites excluding steroid dienone is 3. The maximum Gasteiger partial charge on any atom is 0.261 e. The van der Waals surface area contributed by atoms with Crippen LogP contribution in [0.3, 0.4) is 0 Å². The van der Waals surface area contributed by atoms with Gasteiger partial charge in [0, 0.05) is 115 Å². The van der Waals surface area contributed by atoms with E-state index >= 15 is 0 Å². The molecule has 1 fully saturated rings. The number of amides is 4. The largest absolute Gasteiger partial charge is 0.507 e. The lowest BCUT2D eigenvalue weighted by atomic mass is 9.80. The first-order valence-electron chi connectivity index (χ1n) is 33.0. The van der Waals surface area contributed by atoms with Crippen LogP contribution in [0, 0.1) is 5.92 Å². The zero-order valence-corrected chi connectivity index (χ0v) is 53.6. The Morgan fingerprint density at radius 3 is 2.44 bits per heavy atom. The van der Waals surface area contributed by atoms with Gasteiger partial charge in [-0.2, -0.15) is 0 Å². The molecule has 4 amide bonds. The number of unbranched alkanes of at least 4 members (excludes halogenated alkanes) is 1. The number of rotatable bonds is 29. The number of aliphatic hydroxyl groups excluding tert-OH is 1. The molecule has 5 unspecified atom stereocenters. The summed E-state index contributed by atoms with van der Waals surface area (Å²) in [6.07, 6.45) is 23.5. The summed E-state index contributed by atoms with van der Waals surface area (Å²) in [6, 6.07) is 17.4. The molecule has 6 aliphatic rings. The standard InChI is InChI=1S/C72H92N10O8/c1-8-14-38-82-70(87)59-23-17-22-58-67(59)60(71(82)88)44-51(68(58)85)45-74-61(19-9-2)50-25-27-53(28-26-50)89-48-52-47-81(76-75-52)37-18-36-73-64(83)30-31-65(84)78-39-41-79(42-40-78)69(86)55-21-16-15-20-54(55)66-56-29-24-49(46-77(10-3)11-4)43-63(56)90-62-33-35-72(7,34-32-57(62)66)80(12-5)13-6/h9,15-16,20-21,23,25-29,32-35,43-44,47,49,61-62,64,73-74,83,85H,2,8,10-14,17-19,22,24,30-31,36-42,45-46,48H2,1,3-7H3/p+1. The highest BCUT2D eigenvalue weighted by Crippen LogP contribution is 2.46. The van der Waals surface area contributed by atoms with Gasteiger partial charge in [-0.1, -0.05) is 87.0 Å². The number of carbonyl (C=O) groups is 4. The van der Waals surface area contributed by atoms with Crippen molar-refractivity contribution in [2.75, 3.05) is 72.0 Å². The van der Waals surface area contributed by atoms with Crippen molar-refractivity contribution in [3.8, 4) is 11.5 Å². The summed E-state index contributed by atoms with van der Waals surface area (Å²) in [5.74, 6) is 1.30. The average molecular weight is 1230 g/mol. The lowest BCUT2D eigenvalue weighted by molar-refractivity contribution is -0.932. The molecule has 0 spiro atoms. The van der Waals surface area contributed by atoms with Crippen molar-refractivity contribution in [2.45, 2.75) is 143 Å². The molecule has 5 atom stereocenters. The topological polar surface area (TPSA) is 199 Å². The van der Waals surface area contributed by atoms with Gasteiger partial charge < -0.3 is 44.6 Å². The molecule has 10 rings (SSSR count). The molecule has 3 aliphatic carbocycles. The summed E-state index contributed by atoms with van der Waals surface area (Å²) in [6.45, 7) is 25.7. The van der Waals surface area contributed by atoms with Gasteiger partial charge in [0.2, 0.25) is 5.91 Å². The second-order valence-electron chi connectivity index (χ2n) is 24.7. The van der Waals surface area contributed by atoms with E-state index in [1.54, 1.807) is 15.6 Å². The van der Waals surface area contributed by atoms with Gasteiger partial charge >= 0.3 is 0 Å². The monoisotopic (exact) mass is 1230 g/mol. The van der Waals surface area contributed by atoms with Crippen LogP contribution in [0.15, 0.2) is 133 Å². The highest BCUT2D eigenvalue weighted by atomic mass is 16.5.